The van der Waals surface area contributed by atoms with Crippen molar-refractivity contribution in [1.82, 2.24) is 9.97 Å². The lowest BCUT2D eigenvalue weighted by atomic mass is 10.1. The summed E-state index contributed by atoms with van der Waals surface area (Å²) in [6, 6.07) is 15.5. The largest absolute Gasteiger partial charge is 0.399 e. The van der Waals surface area contributed by atoms with E-state index >= 15 is 0 Å². The van der Waals surface area contributed by atoms with Gasteiger partial charge in [0, 0.05) is 17.3 Å². The van der Waals surface area contributed by atoms with Crippen LogP contribution in [0.5, 0.6) is 0 Å². The Morgan fingerprint density at radius 2 is 1.82 bits per heavy atom. The maximum absolute atomic E-state index is 5.73. The Bertz CT molecular complexity index is 663. The zero-order chi connectivity index (χ0) is 11.7. The Hall–Kier alpha value is -2.42. The number of fused-ring (bicyclic) bond motifs is 1. The Balaban J connectivity index is 2.17. The summed E-state index contributed by atoms with van der Waals surface area (Å²) in [6.45, 7) is 0. The number of aromatic nitrogens is 2. The summed E-state index contributed by atoms with van der Waals surface area (Å²) in [6.07, 6.45) is 1.77. The highest BCUT2D eigenvalue weighted by atomic mass is 14.8. The predicted molar refractivity (Wildman–Crippen MR) is 69.4 cm³/mol. The molecule has 0 amide bonds. The van der Waals surface area contributed by atoms with E-state index in [-0.39, 0.29) is 0 Å². The van der Waals surface area contributed by atoms with Crippen molar-refractivity contribution in [2.45, 2.75) is 0 Å². The molecule has 0 saturated carbocycles. The number of anilines is 1. The molecule has 0 bridgehead atoms. The van der Waals surface area contributed by atoms with Gasteiger partial charge in [0.25, 0.3) is 0 Å². The van der Waals surface area contributed by atoms with Gasteiger partial charge >= 0.3 is 0 Å². The molecular weight excluding hydrogens is 210 g/mol. The molecule has 2 aromatic heterocycles. The lowest BCUT2D eigenvalue weighted by Gasteiger charge is -2.03. The zero-order valence-corrected chi connectivity index (χ0v) is 9.17. The lowest BCUT2D eigenvalue weighted by molar-refractivity contribution is 1.28. The number of hydrogen-bond acceptors (Lipinski definition) is 3. The van der Waals surface area contributed by atoms with Crippen LogP contribution < -0.4 is 5.73 Å². The van der Waals surface area contributed by atoms with Gasteiger partial charge in [-0.25, -0.2) is 4.98 Å². The van der Waals surface area contributed by atoms with Crippen LogP contribution in [0.2, 0.25) is 0 Å². The van der Waals surface area contributed by atoms with Crippen molar-refractivity contribution < 1.29 is 0 Å². The maximum atomic E-state index is 5.73. The number of nitrogens with two attached hydrogens (primary N) is 1. The summed E-state index contributed by atoms with van der Waals surface area (Å²) >= 11 is 0. The van der Waals surface area contributed by atoms with Gasteiger partial charge in [-0.2, -0.15) is 0 Å². The third-order valence-electron chi connectivity index (χ3n) is 2.64. The molecule has 0 aliphatic carbocycles. The summed E-state index contributed by atoms with van der Waals surface area (Å²) in [5, 5.41) is 1.05. The third kappa shape index (κ3) is 1.83. The minimum Gasteiger partial charge on any atom is -0.399 e. The first-order valence-corrected chi connectivity index (χ1v) is 5.41. The maximum Gasteiger partial charge on any atom is 0.0893 e. The van der Waals surface area contributed by atoms with E-state index in [1.807, 2.05) is 48.5 Å². The molecule has 0 spiro atoms. The van der Waals surface area contributed by atoms with Gasteiger partial charge in [-0.3, -0.25) is 4.98 Å². The molecule has 2 N–H and O–H groups in total. The first kappa shape index (κ1) is 9.78. The standard InChI is InChI=1S/C14H11N3/c15-11-5-7-12-10(9-11)4-6-14(17-12)13-3-1-2-8-16-13/h1-9H,15H2. The van der Waals surface area contributed by atoms with Crippen molar-refractivity contribution in [3.63, 3.8) is 0 Å². The number of pyridine rings is 2. The fourth-order valence-corrected chi connectivity index (χ4v) is 1.80. The highest BCUT2D eigenvalue weighted by Crippen LogP contribution is 2.20. The SMILES string of the molecule is Nc1ccc2nc(-c3ccccn3)ccc2c1. The van der Waals surface area contributed by atoms with E-state index in [2.05, 4.69) is 9.97 Å². The molecule has 3 rings (SSSR count). The van der Waals surface area contributed by atoms with Crippen LogP contribution in [0.4, 0.5) is 5.69 Å². The van der Waals surface area contributed by atoms with E-state index < -0.39 is 0 Å². The van der Waals surface area contributed by atoms with Gasteiger partial charge in [0.2, 0.25) is 0 Å². The zero-order valence-electron chi connectivity index (χ0n) is 9.17. The van der Waals surface area contributed by atoms with Crippen molar-refractivity contribution in [3.05, 3.63) is 54.7 Å². The van der Waals surface area contributed by atoms with Gasteiger partial charge in [0.1, 0.15) is 0 Å². The van der Waals surface area contributed by atoms with Crippen LogP contribution in [0.1, 0.15) is 0 Å². The first-order chi connectivity index (χ1) is 8.33. The van der Waals surface area contributed by atoms with Gasteiger partial charge in [0.15, 0.2) is 0 Å². The quantitative estimate of drug-likeness (QED) is 0.643. The normalized spacial score (nSPS) is 10.6. The van der Waals surface area contributed by atoms with Gasteiger partial charge in [-0.15, -0.1) is 0 Å². The molecule has 0 unspecified atom stereocenters. The van der Waals surface area contributed by atoms with E-state index in [0.717, 1.165) is 28.0 Å². The smallest absolute Gasteiger partial charge is 0.0893 e. The number of nitrogen functional groups attached to an aromatic ring is 1. The molecule has 3 heteroatoms. The molecular formula is C14H11N3. The third-order valence-corrected chi connectivity index (χ3v) is 2.64. The van der Waals surface area contributed by atoms with Crippen LogP contribution in [-0.4, -0.2) is 9.97 Å². The van der Waals surface area contributed by atoms with Crippen LogP contribution in [0.15, 0.2) is 54.7 Å². The number of benzene rings is 1. The minimum absolute atomic E-state index is 0.755. The highest BCUT2D eigenvalue weighted by Gasteiger charge is 2.01. The number of rotatable bonds is 1. The van der Waals surface area contributed by atoms with Crippen LogP contribution in [0, 0.1) is 0 Å². The summed E-state index contributed by atoms with van der Waals surface area (Å²) in [4.78, 5) is 8.85. The molecule has 17 heavy (non-hydrogen) atoms. The van der Waals surface area contributed by atoms with Crippen LogP contribution in [-0.2, 0) is 0 Å². The Morgan fingerprint density at radius 3 is 2.65 bits per heavy atom. The van der Waals surface area contributed by atoms with Crippen molar-refractivity contribution in [2.24, 2.45) is 0 Å². The molecule has 3 nitrogen and oxygen atoms in total. The average molecular weight is 221 g/mol. The second-order valence-electron chi connectivity index (χ2n) is 3.86. The van der Waals surface area contributed by atoms with E-state index in [4.69, 9.17) is 5.73 Å². The lowest BCUT2D eigenvalue weighted by Crippen LogP contribution is -1.89. The molecule has 0 saturated heterocycles. The van der Waals surface area contributed by atoms with Crippen LogP contribution in [0.3, 0.4) is 0 Å². The molecule has 0 atom stereocenters. The summed E-state index contributed by atoms with van der Waals surface area (Å²) in [7, 11) is 0. The van der Waals surface area contributed by atoms with E-state index in [9.17, 15) is 0 Å². The number of hydrogen-bond donors (Lipinski definition) is 1. The second-order valence-corrected chi connectivity index (χ2v) is 3.86. The van der Waals surface area contributed by atoms with Crippen molar-refractivity contribution in [1.29, 1.82) is 0 Å². The first-order valence-electron chi connectivity index (χ1n) is 5.41. The van der Waals surface area contributed by atoms with E-state index in [1.54, 1.807) is 6.20 Å². The molecule has 0 aliphatic rings. The van der Waals surface area contributed by atoms with Crippen molar-refractivity contribution >= 4 is 16.6 Å². The fraction of sp³-hybridized carbons (Fsp3) is 0. The summed E-state index contributed by atoms with van der Waals surface area (Å²) in [5.74, 6) is 0. The van der Waals surface area contributed by atoms with Crippen LogP contribution in [0.25, 0.3) is 22.3 Å². The molecule has 1 aromatic carbocycles. The number of nitrogens with zero attached hydrogens (tertiary/aromatic N) is 2. The topological polar surface area (TPSA) is 51.8 Å². The summed E-state index contributed by atoms with van der Waals surface area (Å²) in [5.41, 5.74) is 9.18. The Kier molecular flexibility index (Phi) is 2.22. The molecule has 0 radical (unpaired) electrons. The molecule has 3 aromatic rings. The second kappa shape index (κ2) is 3.87. The average Bonchev–Trinajstić information content (AvgIpc) is 2.39. The molecule has 82 valence electrons. The Labute approximate surface area is 98.9 Å². The fourth-order valence-electron chi connectivity index (χ4n) is 1.80. The van der Waals surface area contributed by atoms with Gasteiger partial charge < -0.3 is 5.73 Å². The van der Waals surface area contributed by atoms with Crippen molar-refractivity contribution in [3.8, 4) is 11.4 Å². The summed E-state index contributed by atoms with van der Waals surface area (Å²) < 4.78 is 0. The van der Waals surface area contributed by atoms with Crippen LogP contribution >= 0.6 is 0 Å². The van der Waals surface area contributed by atoms with E-state index in [1.165, 1.54) is 0 Å². The molecule has 0 fully saturated rings. The van der Waals surface area contributed by atoms with E-state index in [0.29, 0.717) is 0 Å². The molecule has 2 heterocycles. The predicted octanol–water partition coefficient (Wildman–Crippen LogP) is 2.88. The minimum atomic E-state index is 0.755. The Morgan fingerprint density at radius 1 is 0.882 bits per heavy atom. The van der Waals surface area contributed by atoms with Gasteiger partial charge in [-0.1, -0.05) is 12.1 Å². The highest BCUT2D eigenvalue weighted by molar-refractivity contribution is 5.83. The molecule has 0 aliphatic heterocycles. The van der Waals surface area contributed by atoms with Gasteiger partial charge in [-0.05, 0) is 36.4 Å². The van der Waals surface area contributed by atoms with Gasteiger partial charge in [0.05, 0.1) is 16.9 Å². The monoisotopic (exact) mass is 221 g/mol. The van der Waals surface area contributed by atoms with Crippen molar-refractivity contribution in [2.75, 3.05) is 5.73 Å².